The molecule has 0 aliphatic rings. The number of hydrogen-bond donors (Lipinski definition) is 1. The Morgan fingerprint density at radius 2 is 1.83 bits per heavy atom. The number of benzene rings is 2. The van der Waals surface area contributed by atoms with Crippen LogP contribution in [0.2, 0.25) is 0 Å². The van der Waals surface area contributed by atoms with Crippen LogP contribution in [0.1, 0.15) is 18.9 Å². The maximum Gasteiger partial charge on any atom is 0.266 e. The van der Waals surface area contributed by atoms with E-state index in [1.54, 1.807) is 13.2 Å². The second-order valence-electron chi connectivity index (χ2n) is 6.58. The normalized spacial score (nSPS) is 10.5. The van der Waals surface area contributed by atoms with E-state index in [1.165, 1.54) is 10.7 Å². The van der Waals surface area contributed by atoms with Crippen LogP contribution in [0.25, 0.3) is 11.3 Å². The van der Waals surface area contributed by atoms with Gasteiger partial charge in [0.1, 0.15) is 11.5 Å². The molecule has 7 heteroatoms. The van der Waals surface area contributed by atoms with E-state index in [1.807, 2.05) is 55.5 Å². The monoisotopic (exact) mass is 407 g/mol. The van der Waals surface area contributed by atoms with Crippen molar-refractivity contribution in [1.29, 1.82) is 0 Å². The van der Waals surface area contributed by atoms with Crippen molar-refractivity contribution >= 4 is 5.91 Å². The highest BCUT2D eigenvalue weighted by molar-refractivity contribution is 5.75. The lowest BCUT2D eigenvalue weighted by Crippen LogP contribution is -2.28. The van der Waals surface area contributed by atoms with Crippen molar-refractivity contribution in [1.82, 2.24) is 15.1 Å². The van der Waals surface area contributed by atoms with Crippen LogP contribution in [-0.4, -0.2) is 29.4 Å². The number of hydrogen-bond acceptors (Lipinski definition) is 5. The zero-order valence-corrected chi connectivity index (χ0v) is 17.1. The summed E-state index contributed by atoms with van der Waals surface area (Å²) in [6.07, 6.45) is 0.148. The number of amides is 1. The first-order valence-corrected chi connectivity index (χ1v) is 9.80. The summed E-state index contributed by atoms with van der Waals surface area (Å²) < 4.78 is 12.0. The van der Waals surface area contributed by atoms with Gasteiger partial charge >= 0.3 is 0 Å². The standard InChI is InChI=1S/C23H25N3O4/c1-3-30-19-10-8-17(9-11-19)20-12-13-23(28)26(25-20)15-14-22(27)24-16-18-6-4-5-7-21(18)29-2/h4-13H,3,14-16H2,1-2H3,(H,24,27). The molecule has 2 aromatic carbocycles. The summed E-state index contributed by atoms with van der Waals surface area (Å²) in [7, 11) is 1.59. The molecular formula is C23H25N3O4. The fraction of sp³-hybridized carbons (Fsp3) is 0.261. The summed E-state index contributed by atoms with van der Waals surface area (Å²) in [5.41, 5.74) is 2.17. The third-order valence-corrected chi connectivity index (χ3v) is 4.55. The molecule has 0 saturated carbocycles. The van der Waals surface area contributed by atoms with Gasteiger partial charge in [-0.1, -0.05) is 18.2 Å². The quantitative estimate of drug-likeness (QED) is 0.590. The topological polar surface area (TPSA) is 82.5 Å². The highest BCUT2D eigenvalue weighted by Gasteiger charge is 2.08. The summed E-state index contributed by atoms with van der Waals surface area (Å²) in [6, 6.07) is 18.1. The fourth-order valence-electron chi connectivity index (χ4n) is 2.99. The summed E-state index contributed by atoms with van der Waals surface area (Å²) >= 11 is 0. The van der Waals surface area contributed by atoms with Crippen molar-refractivity contribution in [3.63, 3.8) is 0 Å². The molecular weight excluding hydrogens is 382 g/mol. The Hall–Kier alpha value is -3.61. The van der Waals surface area contributed by atoms with Gasteiger partial charge in [-0.15, -0.1) is 0 Å². The molecule has 3 rings (SSSR count). The summed E-state index contributed by atoms with van der Waals surface area (Å²) in [5, 5.41) is 7.25. The van der Waals surface area contributed by atoms with E-state index in [2.05, 4.69) is 10.4 Å². The van der Waals surface area contributed by atoms with Crippen molar-refractivity contribution in [2.45, 2.75) is 26.4 Å². The zero-order valence-electron chi connectivity index (χ0n) is 17.1. The number of methoxy groups -OCH3 is 1. The summed E-state index contributed by atoms with van der Waals surface area (Å²) in [4.78, 5) is 24.4. The number of carbonyl (C=O) groups is 1. The van der Waals surface area contributed by atoms with E-state index >= 15 is 0 Å². The third kappa shape index (κ3) is 5.47. The van der Waals surface area contributed by atoms with Gasteiger partial charge in [0.25, 0.3) is 5.56 Å². The van der Waals surface area contributed by atoms with Crippen molar-refractivity contribution in [3.05, 3.63) is 76.6 Å². The second-order valence-corrected chi connectivity index (χ2v) is 6.58. The molecule has 1 amide bonds. The Balaban J connectivity index is 1.61. The number of aromatic nitrogens is 2. The number of carbonyl (C=O) groups excluding carboxylic acids is 1. The molecule has 156 valence electrons. The van der Waals surface area contributed by atoms with Crippen LogP contribution in [0.5, 0.6) is 11.5 Å². The van der Waals surface area contributed by atoms with Gasteiger partial charge in [0.15, 0.2) is 0 Å². The molecule has 1 N–H and O–H groups in total. The molecule has 1 aromatic heterocycles. The largest absolute Gasteiger partial charge is 0.496 e. The number of nitrogens with zero attached hydrogens (tertiary/aromatic N) is 2. The van der Waals surface area contributed by atoms with Crippen LogP contribution in [0, 0.1) is 0 Å². The van der Waals surface area contributed by atoms with Gasteiger partial charge in [-0.25, -0.2) is 4.68 Å². The first-order valence-electron chi connectivity index (χ1n) is 9.80. The first kappa shape index (κ1) is 21.1. The molecule has 0 spiro atoms. The number of aryl methyl sites for hydroxylation is 1. The molecule has 7 nitrogen and oxygen atoms in total. The molecule has 0 saturated heterocycles. The molecule has 1 heterocycles. The highest BCUT2D eigenvalue weighted by atomic mass is 16.5. The Morgan fingerprint density at radius 3 is 2.57 bits per heavy atom. The van der Waals surface area contributed by atoms with Crippen LogP contribution in [-0.2, 0) is 17.9 Å². The van der Waals surface area contributed by atoms with E-state index in [4.69, 9.17) is 9.47 Å². The molecule has 3 aromatic rings. The van der Waals surface area contributed by atoms with Crippen LogP contribution >= 0.6 is 0 Å². The molecule has 0 atom stereocenters. The Kier molecular flexibility index (Phi) is 7.21. The summed E-state index contributed by atoms with van der Waals surface area (Å²) in [5.74, 6) is 1.33. The molecule has 0 aliphatic carbocycles. The predicted molar refractivity (Wildman–Crippen MR) is 115 cm³/mol. The number of rotatable bonds is 9. The smallest absolute Gasteiger partial charge is 0.266 e. The second kappa shape index (κ2) is 10.2. The van der Waals surface area contributed by atoms with Crippen molar-refractivity contribution < 1.29 is 14.3 Å². The van der Waals surface area contributed by atoms with E-state index in [9.17, 15) is 9.59 Å². The van der Waals surface area contributed by atoms with Gasteiger partial charge in [-0.05, 0) is 43.3 Å². The Bertz CT molecular complexity index is 1040. The molecule has 0 radical (unpaired) electrons. The van der Waals surface area contributed by atoms with Crippen molar-refractivity contribution in [2.24, 2.45) is 0 Å². The number of ether oxygens (including phenoxy) is 2. The third-order valence-electron chi connectivity index (χ3n) is 4.55. The maximum atomic E-state index is 12.2. The predicted octanol–water partition coefficient (Wildman–Crippen LogP) is 3.02. The lowest BCUT2D eigenvalue weighted by Gasteiger charge is -2.10. The maximum absolute atomic E-state index is 12.2. The minimum absolute atomic E-state index is 0.148. The number of para-hydroxylation sites is 1. The molecule has 0 fully saturated rings. The summed E-state index contributed by atoms with van der Waals surface area (Å²) in [6.45, 7) is 3.08. The van der Waals surface area contributed by atoms with E-state index in [0.29, 0.717) is 18.8 Å². The molecule has 0 aliphatic heterocycles. The van der Waals surface area contributed by atoms with Gasteiger partial charge in [-0.2, -0.15) is 5.10 Å². The van der Waals surface area contributed by atoms with Gasteiger partial charge in [0.05, 0.1) is 26.0 Å². The minimum Gasteiger partial charge on any atom is -0.496 e. The Morgan fingerprint density at radius 1 is 1.07 bits per heavy atom. The van der Waals surface area contributed by atoms with Gasteiger partial charge in [-0.3, -0.25) is 9.59 Å². The van der Waals surface area contributed by atoms with Crippen LogP contribution < -0.4 is 20.3 Å². The van der Waals surface area contributed by atoms with E-state index < -0.39 is 0 Å². The average molecular weight is 407 g/mol. The van der Waals surface area contributed by atoms with E-state index in [-0.39, 0.29) is 24.4 Å². The SMILES string of the molecule is CCOc1ccc(-c2ccc(=O)n(CCC(=O)NCc3ccccc3OC)n2)cc1. The van der Waals surface area contributed by atoms with Crippen LogP contribution in [0.3, 0.4) is 0 Å². The van der Waals surface area contributed by atoms with E-state index in [0.717, 1.165) is 22.6 Å². The van der Waals surface area contributed by atoms with Crippen molar-refractivity contribution in [3.8, 4) is 22.8 Å². The van der Waals surface area contributed by atoms with Gasteiger partial charge in [0, 0.05) is 30.2 Å². The average Bonchev–Trinajstić information content (AvgIpc) is 2.78. The zero-order chi connectivity index (χ0) is 21.3. The lowest BCUT2D eigenvalue weighted by molar-refractivity contribution is -0.121. The van der Waals surface area contributed by atoms with Crippen LogP contribution in [0.15, 0.2) is 65.5 Å². The highest BCUT2D eigenvalue weighted by Crippen LogP contribution is 2.20. The first-order chi connectivity index (χ1) is 14.6. The molecule has 30 heavy (non-hydrogen) atoms. The number of nitrogens with one attached hydrogen (secondary N) is 1. The fourth-order valence-corrected chi connectivity index (χ4v) is 2.99. The van der Waals surface area contributed by atoms with Crippen LogP contribution in [0.4, 0.5) is 0 Å². The molecule has 0 bridgehead atoms. The van der Waals surface area contributed by atoms with Crippen molar-refractivity contribution in [2.75, 3.05) is 13.7 Å². The Labute approximate surface area is 175 Å². The minimum atomic E-state index is -0.248. The lowest BCUT2D eigenvalue weighted by atomic mass is 10.1. The van der Waals surface area contributed by atoms with Gasteiger partial charge < -0.3 is 14.8 Å². The molecule has 0 unspecified atom stereocenters. The van der Waals surface area contributed by atoms with Gasteiger partial charge in [0.2, 0.25) is 5.91 Å².